The van der Waals surface area contributed by atoms with Crippen LogP contribution in [-0.2, 0) is 0 Å². The van der Waals surface area contributed by atoms with E-state index in [1.165, 1.54) is 17.6 Å². The second-order valence-corrected chi connectivity index (χ2v) is 5.39. The van der Waals surface area contributed by atoms with Crippen molar-refractivity contribution >= 4 is 0 Å². The number of hydrogen-bond donors (Lipinski definition) is 1. The standard InChI is InChI=1S/C15H25N/c1-12(2)9-15(4)10-14(11-16)8-6-5-7-13(15)3/h6,8-10,13H,5,7,11,16H2,1-4H3/b8-6-,14-10+/t13?,15-/m0/s1. The predicted molar refractivity (Wildman–Crippen MR) is 72.2 cm³/mol. The molecule has 1 nitrogen and oxygen atoms in total. The van der Waals surface area contributed by atoms with E-state index in [-0.39, 0.29) is 5.41 Å². The Labute approximate surface area is 100 Å². The van der Waals surface area contributed by atoms with Crippen molar-refractivity contribution in [2.75, 3.05) is 6.54 Å². The summed E-state index contributed by atoms with van der Waals surface area (Å²) in [5.41, 5.74) is 8.57. The molecule has 0 heterocycles. The van der Waals surface area contributed by atoms with E-state index >= 15 is 0 Å². The van der Waals surface area contributed by atoms with Gasteiger partial charge in [-0.2, -0.15) is 0 Å². The zero-order valence-corrected chi connectivity index (χ0v) is 11.1. The molecule has 1 heteroatoms. The maximum absolute atomic E-state index is 5.78. The molecule has 0 aromatic carbocycles. The fourth-order valence-electron chi connectivity index (χ4n) is 2.41. The van der Waals surface area contributed by atoms with Crippen LogP contribution in [-0.4, -0.2) is 6.54 Å². The van der Waals surface area contributed by atoms with Gasteiger partial charge in [0, 0.05) is 12.0 Å². The third-order valence-corrected chi connectivity index (χ3v) is 3.49. The Bertz CT molecular complexity index is 318. The van der Waals surface area contributed by atoms with E-state index in [4.69, 9.17) is 5.73 Å². The second kappa shape index (κ2) is 5.49. The Hall–Kier alpha value is -0.820. The third-order valence-electron chi connectivity index (χ3n) is 3.49. The minimum absolute atomic E-state index is 0.151. The summed E-state index contributed by atoms with van der Waals surface area (Å²) in [6.07, 6.45) is 11.6. The van der Waals surface area contributed by atoms with E-state index in [2.05, 4.69) is 52.0 Å². The molecule has 0 fully saturated rings. The molecule has 0 bridgehead atoms. The highest BCUT2D eigenvalue weighted by molar-refractivity contribution is 5.28. The van der Waals surface area contributed by atoms with Gasteiger partial charge in [-0.3, -0.25) is 0 Å². The van der Waals surface area contributed by atoms with E-state index in [0.717, 1.165) is 6.42 Å². The van der Waals surface area contributed by atoms with Crippen molar-refractivity contribution in [1.82, 2.24) is 0 Å². The average molecular weight is 219 g/mol. The highest BCUT2D eigenvalue weighted by Crippen LogP contribution is 2.37. The first-order valence-electron chi connectivity index (χ1n) is 6.22. The van der Waals surface area contributed by atoms with Crippen LogP contribution in [0.3, 0.4) is 0 Å². The van der Waals surface area contributed by atoms with Gasteiger partial charge in [0.2, 0.25) is 0 Å². The van der Waals surface area contributed by atoms with E-state index in [1.807, 2.05) is 0 Å². The first-order valence-corrected chi connectivity index (χ1v) is 6.22. The smallest absolute Gasteiger partial charge is 0.0175 e. The molecule has 0 radical (unpaired) electrons. The van der Waals surface area contributed by atoms with Gasteiger partial charge in [0.1, 0.15) is 0 Å². The Balaban J connectivity index is 3.12. The van der Waals surface area contributed by atoms with Crippen molar-refractivity contribution in [3.05, 3.63) is 35.5 Å². The van der Waals surface area contributed by atoms with Gasteiger partial charge in [0.25, 0.3) is 0 Å². The van der Waals surface area contributed by atoms with Gasteiger partial charge in [-0.15, -0.1) is 0 Å². The van der Waals surface area contributed by atoms with Crippen LogP contribution in [0.2, 0.25) is 0 Å². The molecule has 16 heavy (non-hydrogen) atoms. The summed E-state index contributed by atoms with van der Waals surface area (Å²) in [4.78, 5) is 0. The highest BCUT2D eigenvalue weighted by Gasteiger charge is 2.26. The molecule has 0 aliphatic heterocycles. The largest absolute Gasteiger partial charge is 0.327 e. The summed E-state index contributed by atoms with van der Waals surface area (Å²) in [7, 11) is 0. The summed E-state index contributed by atoms with van der Waals surface area (Å²) in [6.45, 7) is 9.63. The maximum Gasteiger partial charge on any atom is 0.0175 e. The van der Waals surface area contributed by atoms with E-state index in [1.54, 1.807) is 0 Å². The molecule has 0 aromatic rings. The van der Waals surface area contributed by atoms with Crippen LogP contribution < -0.4 is 5.73 Å². The van der Waals surface area contributed by atoms with Crippen LogP contribution in [0.5, 0.6) is 0 Å². The molecule has 1 unspecified atom stereocenters. The number of rotatable bonds is 2. The Morgan fingerprint density at radius 2 is 2.25 bits per heavy atom. The van der Waals surface area contributed by atoms with E-state index in [0.29, 0.717) is 12.5 Å². The van der Waals surface area contributed by atoms with Crippen molar-refractivity contribution in [1.29, 1.82) is 0 Å². The summed E-state index contributed by atoms with van der Waals surface area (Å²) in [5, 5.41) is 0. The second-order valence-electron chi connectivity index (χ2n) is 5.39. The van der Waals surface area contributed by atoms with Crippen molar-refractivity contribution in [3.63, 3.8) is 0 Å². The summed E-state index contributed by atoms with van der Waals surface area (Å²) in [6, 6.07) is 0. The first kappa shape index (κ1) is 13.2. The molecule has 1 aliphatic carbocycles. The minimum Gasteiger partial charge on any atom is -0.327 e. The van der Waals surface area contributed by atoms with Crippen LogP contribution in [0.15, 0.2) is 35.5 Å². The fraction of sp³-hybridized carbons (Fsp3) is 0.600. The number of allylic oxidation sites excluding steroid dienone is 4. The molecule has 0 amide bonds. The van der Waals surface area contributed by atoms with Crippen LogP contribution in [0.25, 0.3) is 0 Å². The van der Waals surface area contributed by atoms with Crippen molar-refractivity contribution in [2.45, 2.75) is 40.5 Å². The van der Waals surface area contributed by atoms with Crippen molar-refractivity contribution in [2.24, 2.45) is 17.1 Å². The highest BCUT2D eigenvalue weighted by atomic mass is 14.5. The summed E-state index contributed by atoms with van der Waals surface area (Å²) < 4.78 is 0. The van der Waals surface area contributed by atoms with Gasteiger partial charge in [-0.25, -0.2) is 0 Å². The Morgan fingerprint density at radius 3 is 2.81 bits per heavy atom. The molecule has 0 saturated heterocycles. The van der Waals surface area contributed by atoms with E-state index in [9.17, 15) is 0 Å². The lowest BCUT2D eigenvalue weighted by Gasteiger charge is -2.32. The van der Waals surface area contributed by atoms with Crippen LogP contribution in [0.4, 0.5) is 0 Å². The molecule has 0 spiro atoms. The zero-order chi connectivity index (χ0) is 12.2. The Morgan fingerprint density at radius 1 is 1.56 bits per heavy atom. The lowest BCUT2D eigenvalue weighted by molar-refractivity contribution is 0.329. The fourth-order valence-corrected chi connectivity index (χ4v) is 2.41. The SMILES string of the molecule is CC(C)=C[C@@]1(C)/C=C(CN)\C=C/CCC1C. The lowest BCUT2D eigenvalue weighted by atomic mass is 9.72. The zero-order valence-electron chi connectivity index (χ0n) is 11.1. The van der Waals surface area contributed by atoms with Crippen molar-refractivity contribution in [3.8, 4) is 0 Å². The van der Waals surface area contributed by atoms with Gasteiger partial charge in [0.05, 0.1) is 0 Å². The molecule has 1 rings (SSSR count). The molecular formula is C15H25N. The van der Waals surface area contributed by atoms with Crippen LogP contribution in [0, 0.1) is 11.3 Å². The van der Waals surface area contributed by atoms with Gasteiger partial charge >= 0.3 is 0 Å². The van der Waals surface area contributed by atoms with Crippen LogP contribution >= 0.6 is 0 Å². The molecule has 0 saturated carbocycles. The van der Waals surface area contributed by atoms with E-state index < -0.39 is 0 Å². The van der Waals surface area contributed by atoms with Gasteiger partial charge in [-0.05, 0) is 38.2 Å². The van der Waals surface area contributed by atoms with Gasteiger partial charge in [0.15, 0.2) is 0 Å². The predicted octanol–water partition coefficient (Wildman–Crippen LogP) is 3.83. The lowest BCUT2D eigenvalue weighted by Crippen LogP contribution is -2.23. The van der Waals surface area contributed by atoms with Crippen molar-refractivity contribution < 1.29 is 0 Å². The van der Waals surface area contributed by atoms with Gasteiger partial charge < -0.3 is 5.73 Å². The van der Waals surface area contributed by atoms with Gasteiger partial charge in [-0.1, -0.05) is 43.7 Å². The molecule has 2 atom stereocenters. The average Bonchev–Trinajstić information content (AvgIpc) is 2.19. The molecule has 2 N–H and O–H groups in total. The summed E-state index contributed by atoms with van der Waals surface area (Å²) >= 11 is 0. The molecule has 1 aliphatic rings. The topological polar surface area (TPSA) is 26.0 Å². The molecule has 90 valence electrons. The van der Waals surface area contributed by atoms with Crippen LogP contribution in [0.1, 0.15) is 40.5 Å². The maximum atomic E-state index is 5.78. The first-order chi connectivity index (χ1) is 7.48. The number of hydrogen-bond acceptors (Lipinski definition) is 1. The molecular weight excluding hydrogens is 194 g/mol. The third kappa shape index (κ3) is 3.34. The quantitative estimate of drug-likeness (QED) is 0.702. The minimum atomic E-state index is 0.151. The Kier molecular flexibility index (Phi) is 4.55. The number of nitrogens with two attached hydrogens (primary N) is 1. The summed E-state index contributed by atoms with van der Waals surface area (Å²) in [5.74, 6) is 0.661. The normalized spacial score (nSPS) is 35.6. The monoisotopic (exact) mass is 219 g/mol. The molecule has 0 aromatic heterocycles.